The van der Waals surface area contributed by atoms with Crippen molar-refractivity contribution in [2.45, 2.75) is 260 Å². The lowest BCUT2D eigenvalue weighted by Crippen LogP contribution is -2.65. The van der Waals surface area contributed by atoms with Crippen LogP contribution in [-0.4, -0.2) is 98.7 Å². The highest BCUT2D eigenvalue weighted by Crippen LogP contribution is 2.76. The SMILES string of the molecule is CC[C@]1(C)[C@@H]2CC[C@@]3(C)C(CC=C4C5CC(C)(C)CC[C@]5(C(=O)O[C@@H]5OC(COCc6ccccc6)[C@H](N=[N+]=[N-])C(C)C5O[C@@H]5OC(C)[C@H](O[C@@H]6OC[C@@H](OCc7ccccc7)C(OCc7ccccc7)C6C)C6OC(C)(C)OC65)CC[C@]43C)C2(C)CC[C@@H]1C. The Morgan fingerprint density at radius 1 is 0.667 bits per heavy atom. The maximum atomic E-state index is 16.2. The molecule has 4 saturated heterocycles. The highest BCUT2D eigenvalue weighted by atomic mass is 16.8. The van der Waals surface area contributed by atoms with E-state index in [4.69, 9.17) is 52.1 Å². The van der Waals surface area contributed by atoms with Crippen LogP contribution in [0.1, 0.15) is 177 Å². The van der Waals surface area contributed by atoms with E-state index in [0.29, 0.717) is 43.5 Å². The van der Waals surface area contributed by atoms with Gasteiger partial charge in [-0.3, -0.25) is 4.79 Å². The van der Waals surface area contributed by atoms with Crippen LogP contribution in [0.2, 0.25) is 0 Å². The van der Waals surface area contributed by atoms with Gasteiger partial charge in [-0.2, -0.15) is 0 Å². The topological polar surface area (TPSA) is 167 Å². The fraction of sp³-hybridized carbons (Fsp3) is 0.720. The van der Waals surface area contributed by atoms with E-state index in [0.717, 1.165) is 54.7 Å². The number of nitrogens with zero attached hydrogens (tertiary/aromatic N) is 3. The Morgan fingerprint density at radius 3 is 1.97 bits per heavy atom. The molecule has 11 unspecified atom stereocenters. The minimum Gasteiger partial charge on any atom is -0.432 e. The Hall–Kier alpha value is -4.22. The number of carbonyl (C=O) groups excluding carboxylic acids is 1. The molecule has 5 aliphatic carbocycles. The van der Waals surface area contributed by atoms with Crippen molar-refractivity contribution in [1.82, 2.24) is 0 Å². The first kappa shape index (κ1) is 65.8. The molecule has 3 aromatic carbocycles. The molecule has 0 spiro atoms. The summed E-state index contributed by atoms with van der Waals surface area (Å²) in [6.45, 7) is 31.4. The van der Waals surface area contributed by atoms with Crippen LogP contribution in [0.15, 0.2) is 108 Å². The summed E-state index contributed by atoms with van der Waals surface area (Å²) in [5.41, 5.74) is 14.7. The number of hydrogen-bond donors (Lipinski definition) is 0. The highest BCUT2D eigenvalue weighted by molar-refractivity contribution is 5.79. The van der Waals surface area contributed by atoms with Crippen molar-refractivity contribution in [3.63, 3.8) is 0 Å². The zero-order valence-electron chi connectivity index (χ0n) is 56.2. The fourth-order valence-corrected chi connectivity index (χ4v) is 19.6. The second kappa shape index (κ2) is 25.8. The van der Waals surface area contributed by atoms with Crippen molar-refractivity contribution in [3.05, 3.63) is 130 Å². The Morgan fingerprint density at radius 2 is 1.30 bits per heavy atom. The number of ether oxygens (including phenoxy) is 11. The summed E-state index contributed by atoms with van der Waals surface area (Å²) in [6, 6.07) is 29.4. The molecular formula is C75H105N3O12. The molecule has 15 nitrogen and oxygen atoms in total. The third-order valence-electron chi connectivity index (χ3n) is 25.4. The predicted molar refractivity (Wildman–Crippen MR) is 343 cm³/mol. The van der Waals surface area contributed by atoms with Crippen LogP contribution >= 0.6 is 0 Å². The van der Waals surface area contributed by atoms with E-state index in [-0.39, 0.29) is 64.9 Å². The molecule has 3 aromatic rings. The molecule has 90 heavy (non-hydrogen) atoms. The molecule has 0 N–H and O–H groups in total. The first-order valence-corrected chi connectivity index (χ1v) is 34.4. The molecule has 0 amide bonds. The smallest absolute Gasteiger partial charge is 0.315 e. The molecule has 4 saturated carbocycles. The number of rotatable bonds is 18. The molecule has 8 fully saturated rings. The molecule has 0 radical (unpaired) electrons. The molecule has 0 bridgehead atoms. The molecule has 23 atom stereocenters. The van der Waals surface area contributed by atoms with Gasteiger partial charge >= 0.3 is 5.97 Å². The van der Waals surface area contributed by atoms with Gasteiger partial charge in [-0.15, -0.1) is 0 Å². The molecule has 15 heteroatoms. The number of carbonyl (C=O) groups is 1. The van der Waals surface area contributed by atoms with Crippen LogP contribution < -0.4 is 0 Å². The first-order chi connectivity index (χ1) is 43.0. The van der Waals surface area contributed by atoms with Gasteiger partial charge in [0.15, 0.2) is 18.4 Å². The van der Waals surface area contributed by atoms with E-state index in [9.17, 15) is 5.53 Å². The monoisotopic (exact) mass is 1240 g/mol. The van der Waals surface area contributed by atoms with E-state index < -0.39 is 78.7 Å². The molecular weight excluding hydrogens is 1130 g/mol. The summed E-state index contributed by atoms with van der Waals surface area (Å²) in [6.07, 6.45) is 5.82. The maximum Gasteiger partial charge on any atom is 0.315 e. The second-order valence-electron chi connectivity index (χ2n) is 31.3. The Balaban J connectivity index is 0.821. The molecule has 9 aliphatic rings. The normalized spacial score (nSPS) is 43.4. The lowest BCUT2D eigenvalue weighted by Gasteiger charge is -2.71. The third kappa shape index (κ3) is 12.1. The zero-order valence-corrected chi connectivity index (χ0v) is 56.2. The van der Waals surface area contributed by atoms with Gasteiger partial charge in [0.05, 0.1) is 62.8 Å². The predicted octanol–water partition coefficient (Wildman–Crippen LogP) is 15.8. The van der Waals surface area contributed by atoms with Crippen LogP contribution in [0.4, 0.5) is 0 Å². The van der Waals surface area contributed by atoms with Gasteiger partial charge in [-0.25, -0.2) is 0 Å². The van der Waals surface area contributed by atoms with Gasteiger partial charge < -0.3 is 52.1 Å². The molecule has 492 valence electrons. The summed E-state index contributed by atoms with van der Waals surface area (Å²) in [7, 11) is 0. The Kier molecular flexibility index (Phi) is 18.9. The summed E-state index contributed by atoms with van der Waals surface area (Å²) in [5, 5.41) is 4.39. The number of fused-ring (bicyclic) bond motifs is 8. The van der Waals surface area contributed by atoms with Crippen LogP contribution in [0.3, 0.4) is 0 Å². The van der Waals surface area contributed by atoms with Gasteiger partial charge in [0.2, 0.25) is 6.29 Å². The van der Waals surface area contributed by atoms with Gasteiger partial charge in [0.25, 0.3) is 0 Å². The minimum absolute atomic E-state index is 0.00910. The minimum atomic E-state index is -1.23. The molecule has 0 aromatic heterocycles. The third-order valence-corrected chi connectivity index (χ3v) is 25.4. The first-order valence-electron chi connectivity index (χ1n) is 34.4. The van der Waals surface area contributed by atoms with Gasteiger partial charge in [0.1, 0.15) is 30.5 Å². The van der Waals surface area contributed by atoms with Crippen LogP contribution in [0, 0.1) is 68.0 Å². The average Bonchev–Trinajstić information content (AvgIpc) is 0.733. The average molecular weight is 1240 g/mol. The lowest BCUT2D eigenvalue weighted by molar-refractivity contribution is -0.353. The van der Waals surface area contributed by atoms with E-state index in [2.05, 4.69) is 103 Å². The second-order valence-corrected chi connectivity index (χ2v) is 31.3. The standard InChI is InChI=1S/C75H105N3O12/c1-14-71(10)46(2)32-34-72(11)57(71)33-35-74(13)58(72)31-30-53-54-40-69(6,7)36-38-75(54,39-37-73(53,74)12)68(79)88-66-61(47(3)59(77-78-76)55(85-66)44-80-41-50-24-18-15-19-25-50)86-67-64-63(89-70(8,9)90-64)62(49(5)84-67)87-65-48(4)60(82-43-52-28-22-17-23-29-52)56(45-83-65)81-42-51-26-20-16-21-27-51/h15-30,46-49,54-67H,14,31-45H2,1-13H3/t46-,47?,48?,49?,54?,55?,56+,57-,58?,59+,60?,61?,62-,63?,64?,65-,66-,67-,71-,72?,73+,74-,75-/m0/s1. The van der Waals surface area contributed by atoms with Gasteiger partial charge in [0, 0.05) is 10.8 Å². The number of allylic oxidation sites excluding steroid dienone is 2. The van der Waals surface area contributed by atoms with E-state index >= 15 is 4.79 Å². The molecule has 4 aliphatic heterocycles. The largest absolute Gasteiger partial charge is 0.432 e. The Bertz CT molecular complexity index is 3040. The van der Waals surface area contributed by atoms with Crippen molar-refractivity contribution in [3.8, 4) is 0 Å². The Labute approximate surface area is 536 Å². The maximum absolute atomic E-state index is 16.2. The van der Waals surface area contributed by atoms with Crippen molar-refractivity contribution < 1.29 is 56.9 Å². The number of benzene rings is 3. The quantitative estimate of drug-likeness (QED) is 0.0389. The molecule has 4 heterocycles. The summed E-state index contributed by atoms with van der Waals surface area (Å²) in [5.74, 6) is -0.178. The van der Waals surface area contributed by atoms with E-state index in [1.165, 1.54) is 37.7 Å². The van der Waals surface area contributed by atoms with Crippen molar-refractivity contribution in [2.75, 3.05) is 13.2 Å². The van der Waals surface area contributed by atoms with Gasteiger partial charge in [-0.05, 0) is 164 Å². The van der Waals surface area contributed by atoms with Crippen LogP contribution in [0.5, 0.6) is 0 Å². The van der Waals surface area contributed by atoms with Crippen molar-refractivity contribution in [2.24, 2.45) is 73.1 Å². The number of azide groups is 1. The van der Waals surface area contributed by atoms with Gasteiger partial charge in [-0.1, -0.05) is 183 Å². The highest BCUT2D eigenvalue weighted by Gasteiger charge is 2.70. The molecule has 12 rings (SSSR count). The van der Waals surface area contributed by atoms with E-state index in [1.54, 1.807) is 0 Å². The van der Waals surface area contributed by atoms with Crippen molar-refractivity contribution in [1.29, 1.82) is 0 Å². The van der Waals surface area contributed by atoms with Crippen molar-refractivity contribution >= 4 is 5.97 Å². The lowest BCUT2D eigenvalue weighted by atomic mass is 9.33. The number of esters is 1. The van der Waals surface area contributed by atoms with Crippen LogP contribution in [-0.2, 0) is 76.7 Å². The fourth-order valence-electron chi connectivity index (χ4n) is 19.6. The summed E-state index contributed by atoms with van der Waals surface area (Å²) >= 11 is 0. The zero-order chi connectivity index (χ0) is 63.6. The number of hydrogen-bond acceptors (Lipinski definition) is 13. The summed E-state index contributed by atoms with van der Waals surface area (Å²) in [4.78, 5) is 19.6. The van der Waals surface area contributed by atoms with Crippen LogP contribution in [0.25, 0.3) is 10.4 Å². The summed E-state index contributed by atoms with van der Waals surface area (Å²) < 4.78 is 75.4. The van der Waals surface area contributed by atoms with E-state index in [1.807, 2.05) is 94.4 Å².